The number of benzene rings is 1. The van der Waals surface area contributed by atoms with E-state index in [4.69, 9.17) is 0 Å². The van der Waals surface area contributed by atoms with Crippen molar-refractivity contribution in [2.24, 2.45) is 0 Å². The zero-order valence-corrected chi connectivity index (χ0v) is 14.5. The quantitative estimate of drug-likeness (QED) is 0.811. The number of aromatic nitrogens is 1. The van der Waals surface area contributed by atoms with Gasteiger partial charge in [0.05, 0.1) is 11.4 Å². The molecule has 0 unspecified atom stereocenters. The summed E-state index contributed by atoms with van der Waals surface area (Å²) in [6, 6.07) is 5.54. The third-order valence-electron chi connectivity index (χ3n) is 3.75. The number of rotatable bonds is 6. The molecule has 0 bridgehead atoms. The third kappa shape index (κ3) is 3.79. The molecule has 1 aromatic heterocycles. The van der Waals surface area contributed by atoms with Crippen LogP contribution < -0.4 is 0 Å². The summed E-state index contributed by atoms with van der Waals surface area (Å²) in [5, 5.41) is 0. The van der Waals surface area contributed by atoms with Crippen molar-refractivity contribution in [3.05, 3.63) is 58.2 Å². The molecular formula is C17H18FNO4S. The molecule has 2 aromatic rings. The summed E-state index contributed by atoms with van der Waals surface area (Å²) in [4.78, 5) is 26.7. The highest BCUT2D eigenvalue weighted by atomic mass is 32.2. The maximum absolute atomic E-state index is 13.6. The van der Waals surface area contributed by atoms with Crippen molar-refractivity contribution in [1.29, 1.82) is 0 Å². The van der Waals surface area contributed by atoms with Gasteiger partial charge in [-0.15, -0.1) is 0 Å². The first-order chi connectivity index (χ1) is 11.1. The van der Waals surface area contributed by atoms with Crippen LogP contribution in [0.2, 0.25) is 0 Å². The molecule has 24 heavy (non-hydrogen) atoms. The van der Waals surface area contributed by atoms with Gasteiger partial charge in [-0.1, -0.05) is 18.2 Å². The van der Waals surface area contributed by atoms with Crippen molar-refractivity contribution in [2.75, 3.05) is 5.75 Å². The molecule has 2 rings (SSSR count). The number of hydrogen-bond acceptors (Lipinski definition) is 4. The van der Waals surface area contributed by atoms with E-state index < -0.39 is 32.9 Å². The van der Waals surface area contributed by atoms with Gasteiger partial charge >= 0.3 is 0 Å². The molecule has 0 radical (unpaired) electrons. The lowest BCUT2D eigenvalue weighted by Gasteiger charge is -2.05. The molecule has 7 heteroatoms. The smallest absolute Gasteiger partial charge is 0.194 e. The maximum atomic E-state index is 13.6. The number of carbonyl (C=O) groups is 2. The first-order valence-corrected chi connectivity index (χ1v) is 9.11. The van der Waals surface area contributed by atoms with Crippen LogP contribution in [0.3, 0.4) is 0 Å². The largest absolute Gasteiger partial charge is 0.355 e. The number of ketones is 2. The molecule has 5 nitrogen and oxygen atoms in total. The number of aryl methyl sites for hydroxylation is 1. The molecule has 128 valence electrons. The van der Waals surface area contributed by atoms with Gasteiger partial charge < -0.3 is 4.98 Å². The van der Waals surface area contributed by atoms with E-state index in [1.54, 1.807) is 13.8 Å². The van der Waals surface area contributed by atoms with Crippen LogP contribution in [0.1, 0.15) is 44.6 Å². The number of halogens is 1. The molecule has 0 fully saturated rings. The van der Waals surface area contributed by atoms with Crippen molar-refractivity contribution >= 4 is 21.4 Å². The molecule has 0 spiro atoms. The van der Waals surface area contributed by atoms with E-state index in [9.17, 15) is 22.4 Å². The van der Waals surface area contributed by atoms with E-state index >= 15 is 0 Å². The van der Waals surface area contributed by atoms with Crippen LogP contribution in [0.4, 0.5) is 4.39 Å². The first-order valence-electron chi connectivity index (χ1n) is 7.29. The number of sulfone groups is 1. The second-order valence-corrected chi connectivity index (χ2v) is 7.79. The Morgan fingerprint density at radius 2 is 1.79 bits per heavy atom. The molecule has 1 N–H and O–H groups in total. The van der Waals surface area contributed by atoms with Crippen molar-refractivity contribution in [2.45, 2.75) is 26.5 Å². The van der Waals surface area contributed by atoms with E-state index in [-0.39, 0.29) is 17.0 Å². The lowest BCUT2D eigenvalue weighted by Crippen LogP contribution is -2.19. The summed E-state index contributed by atoms with van der Waals surface area (Å²) in [6.45, 7) is 4.62. The van der Waals surface area contributed by atoms with Gasteiger partial charge in [-0.05, 0) is 32.4 Å². The number of nitrogens with one attached hydrogen (secondary N) is 1. The molecule has 0 aliphatic rings. The standard InChI is InChI=1S/C17H18FNO4S/c1-10-16(12(3)20)11(2)19-17(10)15(21)9-24(22,23)8-13-6-4-5-7-14(13)18/h4-7,19H,8-9H2,1-3H3. The van der Waals surface area contributed by atoms with Crippen LogP contribution in [0.5, 0.6) is 0 Å². The molecule has 0 atom stereocenters. The molecule has 0 aliphatic carbocycles. The van der Waals surface area contributed by atoms with Gasteiger partial charge in [0, 0.05) is 16.8 Å². The average Bonchev–Trinajstić information content (AvgIpc) is 2.76. The normalized spacial score (nSPS) is 11.5. The molecule has 0 aliphatic heterocycles. The Bertz CT molecular complexity index is 913. The summed E-state index contributed by atoms with van der Waals surface area (Å²) in [5.41, 5.74) is 1.48. The van der Waals surface area contributed by atoms with Crippen LogP contribution in [0.15, 0.2) is 24.3 Å². The average molecular weight is 351 g/mol. The highest BCUT2D eigenvalue weighted by Crippen LogP contribution is 2.20. The predicted molar refractivity (Wildman–Crippen MR) is 88.5 cm³/mol. The zero-order chi connectivity index (χ0) is 18.1. The maximum Gasteiger partial charge on any atom is 0.194 e. The second kappa shape index (κ2) is 6.68. The Balaban J connectivity index is 2.25. The number of hydrogen-bond donors (Lipinski definition) is 1. The highest BCUT2D eigenvalue weighted by molar-refractivity contribution is 7.91. The van der Waals surface area contributed by atoms with Crippen molar-refractivity contribution < 1.29 is 22.4 Å². The Kier molecular flexibility index (Phi) is 5.03. The number of carbonyl (C=O) groups excluding carboxylic acids is 2. The van der Waals surface area contributed by atoms with E-state index in [1.807, 2.05) is 0 Å². The summed E-state index contributed by atoms with van der Waals surface area (Å²) in [7, 11) is -3.84. The molecule has 0 amide bonds. The predicted octanol–water partition coefficient (Wildman–Crippen LogP) is 2.77. The minimum absolute atomic E-state index is 0.0223. The Morgan fingerprint density at radius 3 is 2.33 bits per heavy atom. The van der Waals surface area contributed by atoms with Crippen molar-refractivity contribution in [1.82, 2.24) is 4.98 Å². The topological polar surface area (TPSA) is 84.1 Å². The molecule has 1 aromatic carbocycles. The fourth-order valence-electron chi connectivity index (χ4n) is 2.73. The highest BCUT2D eigenvalue weighted by Gasteiger charge is 2.25. The Labute approximate surface area is 139 Å². The van der Waals surface area contributed by atoms with Gasteiger partial charge in [0.25, 0.3) is 0 Å². The van der Waals surface area contributed by atoms with Gasteiger partial charge in [0.15, 0.2) is 21.4 Å². The third-order valence-corrected chi connectivity index (χ3v) is 5.21. The van der Waals surface area contributed by atoms with Gasteiger partial charge in [-0.3, -0.25) is 9.59 Å². The number of Topliss-reactive ketones (excluding diaryl/α,β-unsaturated/α-hetero) is 2. The Morgan fingerprint density at radius 1 is 1.17 bits per heavy atom. The first kappa shape index (κ1) is 18.1. The monoisotopic (exact) mass is 351 g/mol. The number of H-pyrrole nitrogens is 1. The summed E-state index contributed by atoms with van der Waals surface area (Å²) in [6.07, 6.45) is 0. The van der Waals surface area contributed by atoms with Crippen LogP contribution in [-0.4, -0.2) is 30.7 Å². The minimum atomic E-state index is -3.84. The number of aromatic amines is 1. The van der Waals surface area contributed by atoms with E-state index in [2.05, 4.69) is 4.98 Å². The molecule has 0 saturated carbocycles. The fourth-order valence-corrected chi connectivity index (χ4v) is 4.09. The van der Waals surface area contributed by atoms with E-state index in [0.717, 1.165) is 0 Å². The summed E-state index contributed by atoms with van der Waals surface area (Å²) in [5.74, 6) is -2.77. The van der Waals surface area contributed by atoms with Gasteiger partial charge in [0.1, 0.15) is 11.6 Å². The van der Waals surface area contributed by atoms with Crippen LogP contribution in [0.25, 0.3) is 0 Å². The minimum Gasteiger partial charge on any atom is -0.355 e. The van der Waals surface area contributed by atoms with Crippen LogP contribution in [-0.2, 0) is 15.6 Å². The molecular weight excluding hydrogens is 333 g/mol. The Hall–Kier alpha value is -2.28. The second-order valence-electron chi connectivity index (χ2n) is 5.73. The molecule has 1 heterocycles. The lowest BCUT2D eigenvalue weighted by atomic mass is 10.1. The summed E-state index contributed by atoms with van der Waals surface area (Å²) < 4.78 is 38.0. The van der Waals surface area contributed by atoms with Gasteiger partial charge in [0.2, 0.25) is 0 Å². The van der Waals surface area contributed by atoms with Crippen molar-refractivity contribution in [3.63, 3.8) is 0 Å². The molecule has 0 saturated heterocycles. The van der Waals surface area contributed by atoms with Gasteiger partial charge in [-0.2, -0.15) is 0 Å². The van der Waals surface area contributed by atoms with E-state index in [0.29, 0.717) is 16.8 Å². The van der Waals surface area contributed by atoms with Gasteiger partial charge in [-0.25, -0.2) is 12.8 Å². The summed E-state index contributed by atoms with van der Waals surface area (Å²) >= 11 is 0. The van der Waals surface area contributed by atoms with Crippen LogP contribution >= 0.6 is 0 Å². The van der Waals surface area contributed by atoms with Crippen molar-refractivity contribution in [3.8, 4) is 0 Å². The zero-order valence-electron chi connectivity index (χ0n) is 13.6. The SMILES string of the molecule is CC(=O)c1c(C)[nH]c(C(=O)CS(=O)(=O)Cc2ccccc2F)c1C. The fraction of sp³-hybridized carbons (Fsp3) is 0.294. The lowest BCUT2D eigenvalue weighted by molar-refractivity contribution is 0.101. The van der Waals surface area contributed by atoms with Crippen LogP contribution in [0, 0.1) is 19.7 Å². The van der Waals surface area contributed by atoms with E-state index in [1.165, 1.54) is 31.2 Å².